The first-order valence-electron chi connectivity index (χ1n) is 8.74. The van der Waals surface area contributed by atoms with Crippen molar-refractivity contribution < 1.29 is 0 Å². The van der Waals surface area contributed by atoms with Crippen molar-refractivity contribution in [3.05, 3.63) is 34.9 Å². The highest BCUT2D eigenvalue weighted by molar-refractivity contribution is 5.35. The van der Waals surface area contributed by atoms with Gasteiger partial charge in [0.05, 0.1) is 0 Å². The summed E-state index contributed by atoms with van der Waals surface area (Å²) in [6.07, 6.45) is 6.67. The summed E-state index contributed by atoms with van der Waals surface area (Å²) in [6.45, 7) is 12.8. The topological polar surface area (TPSA) is 12.0 Å². The van der Waals surface area contributed by atoms with Gasteiger partial charge in [0.1, 0.15) is 0 Å². The Morgan fingerprint density at radius 3 is 2.48 bits per heavy atom. The first-order valence-corrected chi connectivity index (χ1v) is 8.74. The molecule has 1 aliphatic rings. The Labute approximate surface area is 131 Å². The maximum Gasteiger partial charge on any atom is 0.0351 e. The van der Waals surface area contributed by atoms with Crippen LogP contribution in [0, 0.1) is 25.2 Å². The van der Waals surface area contributed by atoms with Crippen molar-refractivity contribution >= 4 is 0 Å². The zero-order valence-corrected chi connectivity index (χ0v) is 14.6. The van der Waals surface area contributed by atoms with Gasteiger partial charge in [-0.25, -0.2) is 0 Å². The summed E-state index contributed by atoms with van der Waals surface area (Å²) in [7, 11) is 0. The highest BCUT2D eigenvalue weighted by Crippen LogP contribution is 2.43. The summed E-state index contributed by atoms with van der Waals surface area (Å²) in [5.74, 6) is 0.796. The van der Waals surface area contributed by atoms with Crippen LogP contribution in [-0.4, -0.2) is 6.54 Å². The molecule has 0 aromatic heterocycles. The molecule has 1 aromatic rings. The average molecular weight is 287 g/mol. The summed E-state index contributed by atoms with van der Waals surface area (Å²) in [6, 6.07) is 7.35. The molecule has 21 heavy (non-hydrogen) atoms. The van der Waals surface area contributed by atoms with Crippen LogP contribution in [0.3, 0.4) is 0 Å². The smallest absolute Gasteiger partial charge is 0.0351 e. The molecule has 1 atom stereocenters. The molecule has 1 nitrogen and oxygen atoms in total. The van der Waals surface area contributed by atoms with Crippen molar-refractivity contribution in [1.29, 1.82) is 0 Å². The minimum atomic E-state index is 0.543. The lowest BCUT2D eigenvalue weighted by molar-refractivity contribution is 0.161. The Morgan fingerprint density at radius 2 is 1.86 bits per heavy atom. The molecule has 1 N–H and O–H groups in total. The Kier molecular flexibility index (Phi) is 5.48. The summed E-state index contributed by atoms with van der Waals surface area (Å²) in [4.78, 5) is 0. The zero-order valence-electron chi connectivity index (χ0n) is 14.6. The fraction of sp³-hybridized carbons (Fsp3) is 0.700. The minimum Gasteiger partial charge on any atom is -0.310 e. The quantitative estimate of drug-likeness (QED) is 0.747. The first-order chi connectivity index (χ1) is 9.94. The van der Waals surface area contributed by atoms with Gasteiger partial charge in [-0.05, 0) is 80.5 Å². The highest BCUT2D eigenvalue weighted by Gasteiger charge is 2.32. The van der Waals surface area contributed by atoms with Crippen LogP contribution in [0.25, 0.3) is 0 Å². The summed E-state index contributed by atoms with van der Waals surface area (Å²) in [5, 5.41) is 3.85. The molecule has 1 unspecified atom stereocenters. The van der Waals surface area contributed by atoms with E-state index in [0.29, 0.717) is 11.5 Å². The van der Waals surface area contributed by atoms with Crippen LogP contribution in [0.15, 0.2) is 18.2 Å². The SMILES string of the molecule is CCCNC(c1cccc(C)c1C)C1CCC(C)(C)CC1. The van der Waals surface area contributed by atoms with E-state index in [4.69, 9.17) is 0 Å². The molecule has 1 saturated carbocycles. The van der Waals surface area contributed by atoms with Crippen LogP contribution in [0.2, 0.25) is 0 Å². The molecule has 118 valence electrons. The highest BCUT2D eigenvalue weighted by atomic mass is 14.9. The number of rotatable bonds is 5. The molecule has 0 spiro atoms. The molecule has 0 bridgehead atoms. The Balaban J connectivity index is 2.20. The van der Waals surface area contributed by atoms with Gasteiger partial charge < -0.3 is 5.32 Å². The molecule has 0 radical (unpaired) electrons. The molecule has 0 amide bonds. The minimum absolute atomic E-state index is 0.543. The number of hydrogen-bond acceptors (Lipinski definition) is 1. The molecule has 0 saturated heterocycles. The standard InChI is InChI=1S/C20H33N/c1-6-14-21-19(17-10-12-20(4,5)13-11-17)18-9-7-8-15(2)16(18)3/h7-9,17,19,21H,6,10-14H2,1-5H3. The van der Waals surface area contributed by atoms with Crippen LogP contribution in [0.5, 0.6) is 0 Å². The van der Waals surface area contributed by atoms with Gasteiger partial charge in [0.2, 0.25) is 0 Å². The van der Waals surface area contributed by atoms with Crippen molar-refractivity contribution in [2.75, 3.05) is 6.54 Å². The van der Waals surface area contributed by atoms with E-state index in [2.05, 4.69) is 58.1 Å². The maximum absolute atomic E-state index is 3.85. The van der Waals surface area contributed by atoms with Gasteiger partial charge in [-0.15, -0.1) is 0 Å². The van der Waals surface area contributed by atoms with Crippen LogP contribution in [0.4, 0.5) is 0 Å². The molecule has 1 fully saturated rings. The lowest BCUT2D eigenvalue weighted by Gasteiger charge is -2.39. The fourth-order valence-corrected chi connectivity index (χ4v) is 3.70. The normalized spacial score (nSPS) is 20.4. The number of nitrogens with one attached hydrogen (secondary N) is 1. The van der Waals surface area contributed by atoms with E-state index in [0.717, 1.165) is 12.5 Å². The molecule has 0 aliphatic heterocycles. The number of hydrogen-bond donors (Lipinski definition) is 1. The molecule has 1 heteroatoms. The first kappa shape index (κ1) is 16.5. The lowest BCUT2D eigenvalue weighted by atomic mass is 9.70. The van der Waals surface area contributed by atoms with E-state index < -0.39 is 0 Å². The summed E-state index contributed by atoms with van der Waals surface area (Å²) >= 11 is 0. The summed E-state index contributed by atoms with van der Waals surface area (Å²) in [5.41, 5.74) is 4.99. The van der Waals surface area contributed by atoms with Gasteiger partial charge in [-0.3, -0.25) is 0 Å². The predicted molar refractivity (Wildman–Crippen MR) is 92.7 cm³/mol. The van der Waals surface area contributed by atoms with E-state index in [9.17, 15) is 0 Å². The Hall–Kier alpha value is -0.820. The third-order valence-corrected chi connectivity index (χ3v) is 5.45. The van der Waals surface area contributed by atoms with Gasteiger partial charge in [0, 0.05) is 6.04 Å². The van der Waals surface area contributed by atoms with Crippen molar-refractivity contribution in [3.63, 3.8) is 0 Å². The van der Waals surface area contributed by atoms with Gasteiger partial charge >= 0.3 is 0 Å². The van der Waals surface area contributed by atoms with Gasteiger partial charge in [0.15, 0.2) is 0 Å². The van der Waals surface area contributed by atoms with E-state index >= 15 is 0 Å². The lowest BCUT2D eigenvalue weighted by Crippen LogP contribution is -2.33. The second-order valence-electron chi connectivity index (χ2n) is 7.72. The van der Waals surface area contributed by atoms with Crippen molar-refractivity contribution in [1.82, 2.24) is 5.32 Å². The molecule has 1 aromatic carbocycles. The molecular formula is C20H33N. The second-order valence-corrected chi connectivity index (χ2v) is 7.72. The Bertz CT molecular complexity index is 451. The second kappa shape index (κ2) is 6.96. The van der Waals surface area contributed by atoms with Crippen molar-refractivity contribution in [2.45, 2.75) is 72.8 Å². The van der Waals surface area contributed by atoms with E-state index in [-0.39, 0.29) is 0 Å². The van der Waals surface area contributed by atoms with Gasteiger partial charge in [-0.1, -0.05) is 39.0 Å². The number of benzene rings is 1. The van der Waals surface area contributed by atoms with Crippen LogP contribution in [0.1, 0.15) is 75.6 Å². The van der Waals surface area contributed by atoms with Crippen LogP contribution >= 0.6 is 0 Å². The van der Waals surface area contributed by atoms with Crippen LogP contribution < -0.4 is 5.32 Å². The average Bonchev–Trinajstić information content (AvgIpc) is 2.44. The number of aryl methyl sites for hydroxylation is 1. The maximum atomic E-state index is 3.85. The largest absolute Gasteiger partial charge is 0.310 e. The van der Waals surface area contributed by atoms with E-state index in [1.165, 1.54) is 48.8 Å². The Morgan fingerprint density at radius 1 is 1.19 bits per heavy atom. The third kappa shape index (κ3) is 4.10. The molecule has 0 heterocycles. The summed E-state index contributed by atoms with van der Waals surface area (Å²) < 4.78 is 0. The van der Waals surface area contributed by atoms with E-state index in [1.807, 2.05) is 0 Å². The zero-order chi connectivity index (χ0) is 15.5. The predicted octanol–water partition coefficient (Wildman–Crippen LogP) is 5.56. The molecule has 1 aliphatic carbocycles. The van der Waals surface area contributed by atoms with Gasteiger partial charge in [0.25, 0.3) is 0 Å². The monoisotopic (exact) mass is 287 g/mol. The van der Waals surface area contributed by atoms with Gasteiger partial charge in [-0.2, -0.15) is 0 Å². The fourth-order valence-electron chi connectivity index (χ4n) is 3.70. The van der Waals surface area contributed by atoms with Crippen LogP contribution in [-0.2, 0) is 0 Å². The van der Waals surface area contributed by atoms with Crippen molar-refractivity contribution in [2.24, 2.45) is 11.3 Å². The van der Waals surface area contributed by atoms with Crippen molar-refractivity contribution in [3.8, 4) is 0 Å². The molecule has 2 rings (SSSR count). The third-order valence-electron chi connectivity index (χ3n) is 5.45. The molecular weight excluding hydrogens is 254 g/mol. The van der Waals surface area contributed by atoms with E-state index in [1.54, 1.807) is 0 Å².